The van der Waals surface area contributed by atoms with E-state index in [1.165, 1.54) is 32.3 Å². The number of carbonyl (C=O) groups excluding carboxylic acids is 1. The average Bonchev–Trinajstić information content (AvgIpc) is 2.67. The van der Waals surface area contributed by atoms with Crippen LogP contribution in [0.2, 0.25) is 5.02 Å². The Balaban J connectivity index is 1.69. The molecule has 0 heterocycles. The predicted octanol–water partition coefficient (Wildman–Crippen LogP) is 3.76. The first-order chi connectivity index (χ1) is 13.3. The van der Waals surface area contributed by atoms with E-state index in [1.807, 2.05) is 42.5 Å². The summed E-state index contributed by atoms with van der Waals surface area (Å²) in [6, 6.07) is 17.5. The van der Waals surface area contributed by atoms with E-state index >= 15 is 0 Å². The summed E-state index contributed by atoms with van der Waals surface area (Å²) in [7, 11) is -0.723. The number of nitrogens with one attached hydrogen (secondary N) is 1. The van der Waals surface area contributed by atoms with Gasteiger partial charge in [-0.15, -0.1) is 0 Å². The summed E-state index contributed by atoms with van der Waals surface area (Å²) in [5.41, 5.74) is 0.685. The fourth-order valence-electron chi connectivity index (χ4n) is 2.63. The van der Waals surface area contributed by atoms with Crippen LogP contribution in [0.4, 0.5) is 5.69 Å². The number of hydrogen-bond donors (Lipinski definition) is 1. The van der Waals surface area contributed by atoms with Crippen molar-refractivity contribution in [3.05, 3.63) is 65.7 Å². The number of amides is 1. The van der Waals surface area contributed by atoms with Crippen molar-refractivity contribution in [2.75, 3.05) is 26.0 Å². The molecule has 1 amide bonds. The van der Waals surface area contributed by atoms with Crippen LogP contribution in [-0.4, -0.2) is 39.3 Å². The molecule has 0 spiro atoms. The van der Waals surface area contributed by atoms with Gasteiger partial charge in [-0.1, -0.05) is 48.0 Å². The second-order valence-corrected chi connectivity index (χ2v) is 8.80. The minimum atomic E-state index is -3.59. The monoisotopic (exact) mass is 418 g/mol. The van der Waals surface area contributed by atoms with E-state index in [0.29, 0.717) is 5.69 Å². The maximum Gasteiger partial charge on any atom is 0.262 e. The number of benzene rings is 3. The highest BCUT2D eigenvalue weighted by molar-refractivity contribution is 7.89. The van der Waals surface area contributed by atoms with Gasteiger partial charge in [0.25, 0.3) is 5.91 Å². The Bertz CT molecular complexity index is 1120. The van der Waals surface area contributed by atoms with Crippen LogP contribution in [-0.2, 0) is 14.8 Å². The second-order valence-electron chi connectivity index (χ2n) is 6.24. The molecule has 3 aromatic rings. The zero-order valence-corrected chi connectivity index (χ0v) is 16.9. The third-order valence-electron chi connectivity index (χ3n) is 4.10. The summed E-state index contributed by atoms with van der Waals surface area (Å²) < 4.78 is 30.8. The van der Waals surface area contributed by atoms with Gasteiger partial charge in [-0.05, 0) is 29.7 Å². The molecule has 6 nitrogen and oxygen atoms in total. The fourth-order valence-corrected chi connectivity index (χ4v) is 3.86. The molecule has 0 radical (unpaired) electrons. The SMILES string of the molecule is CN(C)S(=O)(=O)c1ccc(OCC(=O)Nc2cccc3ccccc23)c(Cl)c1. The Morgan fingerprint density at radius 2 is 1.79 bits per heavy atom. The molecular weight excluding hydrogens is 400 g/mol. The number of hydrogen-bond acceptors (Lipinski definition) is 4. The Hall–Kier alpha value is -2.61. The molecule has 0 bridgehead atoms. The summed E-state index contributed by atoms with van der Waals surface area (Å²) in [5.74, 6) is -0.121. The van der Waals surface area contributed by atoms with Crippen molar-refractivity contribution in [2.24, 2.45) is 0 Å². The number of fused-ring (bicyclic) bond motifs is 1. The van der Waals surface area contributed by atoms with Crippen molar-refractivity contribution < 1.29 is 17.9 Å². The van der Waals surface area contributed by atoms with Gasteiger partial charge in [-0.2, -0.15) is 0 Å². The van der Waals surface area contributed by atoms with E-state index in [-0.39, 0.29) is 28.2 Å². The van der Waals surface area contributed by atoms with Crippen molar-refractivity contribution in [1.29, 1.82) is 0 Å². The molecule has 0 unspecified atom stereocenters. The average molecular weight is 419 g/mol. The third kappa shape index (κ3) is 4.27. The number of nitrogens with zero attached hydrogens (tertiary/aromatic N) is 1. The summed E-state index contributed by atoms with van der Waals surface area (Å²) in [4.78, 5) is 12.3. The highest BCUT2D eigenvalue weighted by Gasteiger charge is 2.19. The molecule has 0 saturated carbocycles. The summed E-state index contributed by atoms with van der Waals surface area (Å²) in [6.45, 7) is -0.261. The molecule has 0 aliphatic carbocycles. The van der Waals surface area contributed by atoms with Crippen molar-refractivity contribution >= 4 is 44.0 Å². The maximum absolute atomic E-state index is 12.3. The minimum absolute atomic E-state index is 0.0510. The Labute approximate surface area is 168 Å². The van der Waals surface area contributed by atoms with Gasteiger partial charge in [-0.25, -0.2) is 12.7 Å². The zero-order chi connectivity index (χ0) is 20.3. The first kappa shape index (κ1) is 20.1. The molecule has 3 rings (SSSR count). The first-order valence-corrected chi connectivity index (χ1v) is 10.2. The number of carbonyl (C=O) groups is 1. The summed E-state index contributed by atoms with van der Waals surface area (Å²) >= 11 is 6.12. The van der Waals surface area contributed by atoms with Gasteiger partial charge in [0.2, 0.25) is 10.0 Å². The highest BCUT2D eigenvalue weighted by atomic mass is 35.5. The normalized spacial score (nSPS) is 11.6. The molecule has 0 saturated heterocycles. The van der Waals surface area contributed by atoms with E-state index in [4.69, 9.17) is 16.3 Å². The van der Waals surface area contributed by atoms with Gasteiger partial charge < -0.3 is 10.1 Å². The molecule has 28 heavy (non-hydrogen) atoms. The number of anilines is 1. The number of halogens is 1. The van der Waals surface area contributed by atoms with Gasteiger partial charge >= 0.3 is 0 Å². The Morgan fingerprint density at radius 1 is 1.07 bits per heavy atom. The van der Waals surface area contributed by atoms with Crippen LogP contribution in [0.15, 0.2) is 65.6 Å². The Kier molecular flexibility index (Phi) is 5.88. The lowest BCUT2D eigenvalue weighted by atomic mass is 10.1. The van der Waals surface area contributed by atoms with E-state index in [0.717, 1.165) is 15.1 Å². The molecule has 0 fully saturated rings. The molecule has 146 valence electrons. The zero-order valence-electron chi connectivity index (χ0n) is 15.3. The van der Waals surface area contributed by atoms with Crippen LogP contribution in [0.25, 0.3) is 10.8 Å². The van der Waals surface area contributed by atoms with Crippen LogP contribution < -0.4 is 10.1 Å². The third-order valence-corrected chi connectivity index (χ3v) is 6.21. The standard InChI is InChI=1S/C20H19ClN2O4S/c1-23(2)28(25,26)15-10-11-19(17(21)12-15)27-13-20(24)22-18-9-5-7-14-6-3-4-8-16(14)18/h3-12H,13H2,1-2H3,(H,22,24). The lowest BCUT2D eigenvalue weighted by Crippen LogP contribution is -2.22. The molecule has 1 N–H and O–H groups in total. The first-order valence-electron chi connectivity index (χ1n) is 8.41. The van der Waals surface area contributed by atoms with Crippen molar-refractivity contribution in [2.45, 2.75) is 4.90 Å². The lowest BCUT2D eigenvalue weighted by molar-refractivity contribution is -0.118. The summed E-state index contributed by atoms with van der Waals surface area (Å²) in [5, 5.41) is 4.87. The molecule has 3 aromatic carbocycles. The van der Waals surface area contributed by atoms with Crippen LogP contribution in [0.5, 0.6) is 5.75 Å². The number of sulfonamides is 1. The van der Waals surface area contributed by atoms with E-state index < -0.39 is 10.0 Å². The smallest absolute Gasteiger partial charge is 0.262 e. The van der Waals surface area contributed by atoms with Gasteiger partial charge in [0.05, 0.1) is 9.92 Å². The predicted molar refractivity (Wildman–Crippen MR) is 110 cm³/mol. The molecule has 0 aromatic heterocycles. The fraction of sp³-hybridized carbons (Fsp3) is 0.150. The van der Waals surface area contributed by atoms with E-state index in [9.17, 15) is 13.2 Å². The van der Waals surface area contributed by atoms with Crippen molar-refractivity contribution in [3.8, 4) is 5.75 Å². The number of ether oxygens (including phenoxy) is 1. The maximum atomic E-state index is 12.3. The largest absolute Gasteiger partial charge is 0.482 e. The van der Waals surface area contributed by atoms with E-state index in [1.54, 1.807) is 0 Å². The Morgan fingerprint density at radius 3 is 2.50 bits per heavy atom. The van der Waals surface area contributed by atoms with Crippen LogP contribution in [0.1, 0.15) is 0 Å². The lowest BCUT2D eigenvalue weighted by Gasteiger charge is -2.13. The summed E-state index contributed by atoms with van der Waals surface area (Å²) in [6.07, 6.45) is 0. The van der Waals surface area contributed by atoms with E-state index in [2.05, 4.69) is 5.32 Å². The molecular formula is C20H19ClN2O4S. The van der Waals surface area contributed by atoms with Gasteiger partial charge in [0, 0.05) is 25.2 Å². The molecule has 0 atom stereocenters. The molecule has 0 aliphatic heterocycles. The van der Waals surface area contributed by atoms with Crippen LogP contribution in [0, 0.1) is 0 Å². The highest BCUT2D eigenvalue weighted by Crippen LogP contribution is 2.28. The van der Waals surface area contributed by atoms with Crippen LogP contribution >= 0.6 is 11.6 Å². The van der Waals surface area contributed by atoms with Crippen molar-refractivity contribution in [1.82, 2.24) is 4.31 Å². The molecule has 0 aliphatic rings. The van der Waals surface area contributed by atoms with Crippen LogP contribution in [0.3, 0.4) is 0 Å². The second kappa shape index (κ2) is 8.18. The molecule has 8 heteroatoms. The quantitative estimate of drug-likeness (QED) is 0.661. The van der Waals surface area contributed by atoms with Gasteiger partial charge in [0.15, 0.2) is 6.61 Å². The van der Waals surface area contributed by atoms with Crippen molar-refractivity contribution in [3.63, 3.8) is 0 Å². The minimum Gasteiger partial charge on any atom is -0.482 e. The number of rotatable bonds is 6. The van der Waals surface area contributed by atoms with Gasteiger partial charge in [0.1, 0.15) is 5.75 Å². The van der Waals surface area contributed by atoms with Gasteiger partial charge in [-0.3, -0.25) is 4.79 Å². The topological polar surface area (TPSA) is 75.7 Å².